The first kappa shape index (κ1) is 76.9. The van der Waals surface area contributed by atoms with E-state index in [0.717, 1.165) is 75.0 Å². The predicted octanol–water partition coefficient (Wildman–Crippen LogP) is 20.6. The molecule has 31 heteroatoms. The van der Waals surface area contributed by atoms with Crippen molar-refractivity contribution in [1.29, 1.82) is 0 Å². The second kappa shape index (κ2) is 34.1. The zero-order valence-electron chi connectivity index (χ0n) is 53.2. The maximum absolute atomic E-state index is 13.8. The van der Waals surface area contributed by atoms with Gasteiger partial charge in [0.1, 0.15) is 22.4 Å². The van der Waals surface area contributed by atoms with Crippen LogP contribution in [0, 0.1) is 34.9 Å². The number of benzene rings is 8. The molecule has 532 valence electrons. The zero-order valence-corrected chi connectivity index (χ0v) is 56.2. The van der Waals surface area contributed by atoms with Crippen molar-refractivity contribution in [2.75, 3.05) is 16.0 Å². The summed E-state index contributed by atoms with van der Waals surface area (Å²) >= 11 is 23.9. The average molecular weight is 1520 g/mol. The van der Waals surface area contributed by atoms with E-state index in [1.807, 2.05) is 48.5 Å². The van der Waals surface area contributed by atoms with Gasteiger partial charge in [-0.25, -0.2) is 58.9 Å². The van der Waals surface area contributed by atoms with Crippen molar-refractivity contribution in [2.45, 2.75) is 25.4 Å². The molecule has 0 unspecified atom stereocenters. The largest absolute Gasteiger partial charge is 0.435 e. The fourth-order valence-corrected chi connectivity index (χ4v) is 10.6. The molecule has 4 heterocycles. The molecular weight excluding hydrogens is 1470 g/mol. The van der Waals surface area contributed by atoms with Crippen molar-refractivity contribution >= 4 is 87.0 Å². The Kier molecular flexibility index (Phi) is 25.2. The van der Waals surface area contributed by atoms with Crippen molar-refractivity contribution in [1.82, 2.24) is 34.5 Å². The van der Waals surface area contributed by atoms with Crippen LogP contribution < -0.4 is 16.0 Å². The summed E-state index contributed by atoms with van der Waals surface area (Å²) in [6.07, 6.45) is -4.76. The molecule has 0 aliphatic rings. The van der Waals surface area contributed by atoms with Crippen LogP contribution in [0.15, 0.2) is 207 Å². The van der Waals surface area contributed by atoms with Gasteiger partial charge in [0, 0.05) is 90.3 Å². The molecule has 8 aromatic carbocycles. The van der Waals surface area contributed by atoms with Crippen molar-refractivity contribution in [3.8, 4) is 44.5 Å². The molecule has 0 atom stereocenters. The third kappa shape index (κ3) is 19.3. The van der Waals surface area contributed by atoms with Crippen molar-refractivity contribution in [3.63, 3.8) is 0 Å². The van der Waals surface area contributed by atoms with Gasteiger partial charge in [-0.3, -0.25) is 28.5 Å². The smallest absolute Gasteiger partial charge is 0.321 e. The number of Topliss-reactive ketones (excluding diaryl/α,β-unsaturated/α-hetero) is 1. The Morgan fingerprint density at radius 3 is 1.51 bits per heavy atom. The molecule has 12 aromatic rings. The third-order valence-electron chi connectivity index (χ3n) is 14.7. The SMILES string of the molecule is Cn1cc(C(=O)Nc2ccc(F)cc2-c2ccc(Cl)c(Cl)c2)c(C(F)F)n1.Cn1cc(C(=O)Nc2ccccc2-c2cc(F)c(F)c(F)c2)c(C(F)F)n1.O=C(Cc1ccccc1-c1ccc(Cl)cc1)c1cccnc1Cl.O=C(Nc1ccccc1-c1ccc(F)c(F)c1)c1nccnc1C(F)(F)F. The molecule has 3 N–H and O–H groups in total. The average Bonchev–Trinajstić information content (AvgIpc) is 1.28. The van der Waals surface area contributed by atoms with E-state index < -0.39 is 94.4 Å². The summed E-state index contributed by atoms with van der Waals surface area (Å²) in [7, 11) is 2.82. The number of hydrogen-bond donors (Lipinski definition) is 3. The Hall–Kier alpha value is -11.3. The highest BCUT2D eigenvalue weighted by Crippen LogP contribution is 2.37. The first-order valence-electron chi connectivity index (χ1n) is 29.9. The number of halogens is 17. The number of pyridine rings is 1. The number of carbonyl (C=O) groups is 4. The van der Waals surface area contributed by atoms with Gasteiger partial charge in [-0.15, -0.1) is 0 Å². The van der Waals surface area contributed by atoms with E-state index in [-0.39, 0.29) is 67.3 Å². The van der Waals surface area contributed by atoms with Crippen LogP contribution in [0.4, 0.5) is 74.1 Å². The van der Waals surface area contributed by atoms with Gasteiger partial charge in [-0.05, 0) is 124 Å². The minimum atomic E-state index is -4.86. The van der Waals surface area contributed by atoms with Crippen LogP contribution in [0.25, 0.3) is 44.5 Å². The summed E-state index contributed by atoms with van der Waals surface area (Å²) in [5.74, 6) is -9.91. The normalized spacial score (nSPS) is 11.0. The van der Waals surface area contributed by atoms with Crippen LogP contribution >= 0.6 is 46.4 Å². The molecule has 3 amide bonds. The van der Waals surface area contributed by atoms with E-state index in [1.165, 1.54) is 87.0 Å². The van der Waals surface area contributed by atoms with Crippen molar-refractivity contribution < 1.29 is 76.3 Å². The van der Waals surface area contributed by atoms with Crippen molar-refractivity contribution in [2.24, 2.45) is 14.1 Å². The Morgan fingerprint density at radius 2 is 0.952 bits per heavy atom. The number of para-hydroxylation sites is 2. The van der Waals surface area contributed by atoms with E-state index in [2.05, 4.69) is 41.1 Å². The van der Waals surface area contributed by atoms with E-state index in [4.69, 9.17) is 46.4 Å². The minimum Gasteiger partial charge on any atom is -0.321 e. The lowest BCUT2D eigenvalue weighted by Crippen LogP contribution is -2.22. The Bertz CT molecular complexity index is 5140. The van der Waals surface area contributed by atoms with E-state index in [9.17, 15) is 76.3 Å². The van der Waals surface area contributed by atoms with Crippen LogP contribution in [0.2, 0.25) is 20.2 Å². The molecule has 0 aliphatic carbocycles. The summed E-state index contributed by atoms with van der Waals surface area (Å²) in [5, 5.41) is 15.9. The van der Waals surface area contributed by atoms with Gasteiger partial charge in [0.05, 0.1) is 26.7 Å². The molecule has 0 saturated carbocycles. The monoisotopic (exact) mass is 1510 g/mol. The van der Waals surface area contributed by atoms with Gasteiger partial charge >= 0.3 is 6.18 Å². The third-order valence-corrected chi connectivity index (χ3v) is 16.0. The lowest BCUT2D eigenvalue weighted by molar-refractivity contribution is -0.141. The van der Waals surface area contributed by atoms with E-state index in [0.29, 0.717) is 32.3 Å². The Morgan fingerprint density at radius 1 is 0.452 bits per heavy atom. The maximum Gasteiger partial charge on any atom is 0.435 e. The van der Waals surface area contributed by atoms with Crippen LogP contribution in [0.5, 0.6) is 0 Å². The molecule has 0 fully saturated rings. The number of nitrogens with zero attached hydrogens (tertiary/aromatic N) is 7. The first-order chi connectivity index (χ1) is 49.4. The summed E-state index contributed by atoms with van der Waals surface area (Å²) in [6.45, 7) is 0. The molecule has 4 aromatic heterocycles. The highest BCUT2D eigenvalue weighted by molar-refractivity contribution is 6.42. The van der Waals surface area contributed by atoms with Crippen LogP contribution in [0.3, 0.4) is 0 Å². The Labute approximate surface area is 601 Å². The van der Waals surface area contributed by atoms with Crippen LogP contribution in [-0.2, 0) is 26.7 Å². The molecule has 0 aliphatic heterocycles. The number of nitrogens with one attached hydrogen (secondary N) is 3. The van der Waals surface area contributed by atoms with Gasteiger partial charge in [0.25, 0.3) is 30.6 Å². The number of ketones is 1. The summed E-state index contributed by atoms with van der Waals surface area (Å²) < 4.78 is 174. The van der Waals surface area contributed by atoms with Crippen LogP contribution in [-0.4, -0.2) is 58.0 Å². The molecule has 0 saturated heterocycles. The number of carbonyl (C=O) groups excluding carboxylic acids is 4. The first-order valence-corrected chi connectivity index (χ1v) is 31.4. The molecule has 12 rings (SSSR count). The van der Waals surface area contributed by atoms with Gasteiger partial charge in [0.15, 0.2) is 46.3 Å². The fourth-order valence-electron chi connectivity index (χ4n) is 9.99. The number of alkyl halides is 7. The number of rotatable bonds is 15. The summed E-state index contributed by atoms with van der Waals surface area (Å²) in [4.78, 5) is 60.4. The number of aryl methyl sites for hydroxylation is 2. The summed E-state index contributed by atoms with van der Waals surface area (Å²) in [5.41, 5.74) is 1.13. The fraction of sp³-hybridized carbons (Fsp3) is 0.0822. The topological polar surface area (TPSA) is 179 Å². The highest BCUT2D eigenvalue weighted by Gasteiger charge is 2.38. The minimum absolute atomic E-state index is 0.0254. The molecule has 0 bridgehead atoms. The number of anilines is 3. The lowest BCUT2D eigenvalue weighted by Gasteiger charge is -2.13. The second-order valence-corrected chi connectivity index (χ2v) is 23.4. The second-order valence-electron chi connectivity index (χ2n) is 21.8. The number of hydrogen-bond acceptors (Lipinski definition) is 9. The molecule has 0 radical (unpaired) electrons. The predicted molar refractivity (Wildman–Crippen MR) is 367 cm³/mol. The Balaban J connectivity index is 0.000000161. The number of aromatic nitrogens is 7. The van der Waals surface area contributed by atoms with Crippen molar-refractivity contribution in [3.05, 3.63) is 307 Å². The standard InChI is InChI=1S/C19H13Cl2NO.C18H12Cl2F3N3O.C18H12F5N3O.C18H10F5N3O/c20-15-9-7-13(8-10-15)16-5-2-1-4-14(16)12-18(23)17-6-3-11-22-19(17)21;1-26-8-12(16(25-26)17(22)23)18(27)24-15-5-3-10(21)7-11(15)9-2-4-13(19)14(20)6-9;1-26-8-11(16(25-26)17(22)23)18(27)24-14-5-3-2-4-10(14)9-6-12(19)15(21)13(20)7-9;19-12-6-5-10(9-13(12)20)11-3-1-2-4-14(11)26-17(27)15-16(18(21,22)23)25-8-7-24-15/h1-11H,12H2;2*2-8,17H,1H3,(H,24,27);1-9H,(H,26,27). The molecule has 0 spiro atoms. The zero-order chi connectivity index (χ0) is 75.3. The van der Waals surface area contributed by atoms with E-state index in [1.54, 1.807) is 36.5 Å². The molecule has 104 heavy (non-hydrogen) atoms. The quantitative estimate of drug-likeness (QED) is 0.0390. The van der Waals surface area contributed by atoms with Gasteiger partial charge in [-0.2, -0.15) is 23.4 Å². The molecule has 14 nitrogen and oxygen atoms in total. The highest BCUT2D eigenvalue weighted by atomic mass is 35.5. The van der Waals surface area contributed by atoms with Crippen LogP contribution in [0.1, 0.15) is 77.1 Å². The van der Waals surface area contributed by atoms with E-state index >= 15 is 0 Å². The van der Waals surface area contributed by atoms with Gasteiger partial charge in [0.2, 0.25) is 0 Å². The lowest BCUT2D eigenvalue weighted by atomic mass is 9.95. The summed E-state index contributed by atoms with van der Waals surface area (Å²) in [6, 6.07) is 43.8. The van der Waals surface area contributed by atoms with Gasteiger partial charge in [-0.1, -0.05) is 131 Å². The maximum atomic E-state index is 13.8. The number of amides is 3. The van der Waals surface area contributed by atoms with Gasteiger partial charge < -0.3 is 16.0 Å². The molecular formula is C73H47Cl4F13N10O4.